The summed E-state index contributed by atoms with van der Waals surface area (Å²) in [6.45, 7) is 4.84. The van der Waals surface area contributed by atoms with Gasteiger partial charge in [0.05, 0.1) is 10.4 Å². The molecule has 0 saturated carbocycles. The van der Waals surface area contributed by atoms with Crippen molar-refractivity contribution in [3.05, 3.63) is 57.5 Å². The summed E-state index contributed by atoms with van der Waals surface area (Å²) in [6.07, 6.45) is 0.592. The van der Waals surface area contributed by atoms with Crippen LogP contribution in [0.15, 0.2) is 36.4 Å². The van der Waals surface area contributed by atoms with E-state index in [9.17, 15) is 23.6 Å². The molecule has 0 saturated heterocycles. The van der Waals surface area contributed by atoms with Crippen LogP contribution in [0.1, 0.15) is 45.7 Å². The molecule has 1 heterocycles. The summed E-state index contributed by atoms with van der Waals surface area (Å²) in [7, 11) is 0. The van der Waals surface area contributed by atoms with Crippen molar-refractivity contribution in [3.63, 3.8) is 0 Å². The fraction of sp³-hybridized carbons (Fsp3) is 0.364. The fourth-order valence-corrected chi connectivity index (χ4v) is 3.62. The van der Waals surface area contributed by atoms with Crippen molar-refractivity contribution in [2.75, 3.05) is 13.2 Å². The molecule has 0 spiro atoms. The second-order valence-electron chi connectivity index (χ2n) is 7.20. The van der Waals surface area contributed by atoms with Crippen molar-refractivity contribution in [3.8, 4) is 0 Å². The van der Waals surface area contributed by atoms with Gasteiger partial charge in [0, 0.05) is 18.3 Å². The van der Waals surface area contributed by atoms with Gasteiger partial charge in [0.15, 0.2) is 6.61 Å². The highest BCUT2D eigenvalue weighted by Crippen LogP contribution is 2.18. The molecule has 2 aromatic rings. The summed E-state index contributed by atoms with van der Waals surface area (Å²) < 4.78 is 18.9. The van der Waals surface area contributed by atoms with Gasteiger partial charge in [0.1, 0.15) is 11.9 Å². The van der Waals surface area contributed by atoms with Crippen molar-refractivity contribution in [1.29, 1.82) is 0 Å². The molecule has 1 aromatic carbocycles. The minimum Gasteiger partial charge on any atom is -0.456 e. The molecule has 166 valence electrons. The molecule has 1 aromatic heterocycles. The number of benzene rings is 1. The topological polar surface area (TPSA) is 102 Å². The fourth-order valence-electron chi connectivity index (χ4n) is 2.68. The van der Waals surface area contributed by atoms with Crippen LogP contribution in [-0.2, 0) is 20.7 Å². The zero-order chi connectivity index (χ0) is 23.0. The Labute approximate surface area is 184 Å². The summed E-state index contributed by atoms with van der Waals surface area (Å²) in [5.41, 5.74) is -0.178. The summed E-state index contributed by atoms with van der Waals surface area (Å²) >= 11 is 1.26. The molecule has 7 nitrogen and oxygen atoms in total. The van der Waals surface area contributed by atoms with Gasteiger partial charge in [-0.15, -0.1) is 11.3 Å². The third-order valence-electron chi connectivity index (χ3n) is 4.35. The molecule has 2 amide bonds. The molecule has 0 aliphatic rings. The monoisotopic (exact) mass is 448 g/mol. The number of Topliss-reactive ketones (excluding diaryl/α,β-unsaturated/α-hetero) is 1. The second-order valence-corrected chi connectivity index (χ2v) is 8.37. The third-order valence-corrected chi connectivity index (χ3v) is 5.54. The van der Waals surface area contributed by atoms with E-state index in [0.717, 1.165) is 10.9 Å². The molecule has 2 rings (SSSR count). The standard InChI is InChI=1S/C22H25FN2O5S/c1-13(2)20(25-21(28)16-6-4-5-7-17(16)23)22(29)30-12-18(27)19-9-8-15(31-19)10-11-24-14(3)26/h4-9,13,20H,10-12H2,1-3H3,(H,24,26)(H,25,28)/t20-/m0/s1. The number of esters is 1. The smallest absolute Gasteiger partial charge is 0.329 e. The van der Waals surface area contributed by atoms with Gasteiger partial charge in [-0.2, -0.15) is 0 Å². The van der Waals surface area contributed by atoms with E-state index in [0.29, 0.717) is 17.8 Å². The van der Waals surface area contributed by atoms with Gasteiger partial charge in [-0.05, 0) is 36.6 Å². The molecule has 0 aliphatic carbocycles. The number of thiophene rings is 1. The maximum absolute atomic E-state index is 13.8. The van der Waals surface area contributed by atoms with E-state index in [4.69, 9.17) is 4.74 Å². The quantitative estimate of drug-likeness (QED) is 0.430. The number of ketones is 1. The molecule has 0 fully saturated rings. The number of rotatable bonds is 10. The van der Waals surface area contributed by atoms with E-state index in [-0.39, 0.29) is 23.2 Å². The Morgan fingerprint density at radius 1 is 1.10 bits per heavy atom. The number of hydrogen-bond donors (Lipinski definition) is 2. The molecular weight excluding hydrogens is 423 g/mol. The van der Waals surface area contributed by atoms with Crippen LogP contribution in [0.4, 0.5) is 4.39 Å². The van der Waals surface area contributed by atoms with E-state index < -0.39 is 30.3 Å². The molecule has 0 aliphatic heterocycles. The highest BCUT2D eigenvalue weighted by molar-refractivity contribution is 7.14. The highest BCUT2D eigenvalue weighted by Gasteiger charge is 2.27. The van der Waals surface area contributed by atoms with Crippen molar-refractivity contribution in [2.24, 2.45) is 5.92 Å². The Morgan fingerprint density at radius 3 is 2.45 bits per heavy atom. The van der Waals surface area contributed by atoms with Crippen LogP contribution < -0.4 is 10.6 Å². The average Bonchev–Trinajstić information content (AvgIpc) is 3.18. The molecule has 9 heteroatoms. The molecule has 2 N–H and O–H groups in total. The van der Waals surface area contributed by atoms with Crippen molar-refractivity contribution in [1.82, 2.24) is 10.6 Å². The lowest BCUT2D eigenvalue weighted by molar-refractivity contribution is -0.146. The predicted molar refractivity (Wildman–Crippen MR) is 114 cm³/mol. The second kappa shape index (κ2) is 11.4. The first-order valence-electron chi connectivity index (χ1n) is 9.77. The summed E-state index contributed by atoms with van der Waals surface area (Å²) in [5, 5.41) is 5.16. The predicted octanol–water partition coefficient (Wildman–Crippen LogP) is 2.75. The third kappa shape index (κ3) is 7.29. The minimum absolute atomic E-state index is 0.124. The van der Waals surface area contributed by atoms with E-state index in [1.807, 2.05) is 0 Å². The zero-order valence-electron chi connectivity index (χ0n) is 17.6. The van der Waals surface area contributed by atoms with Crippen LogP contribution in [0.25, 0.3) is 0 Å². The van der Waals surface area contributed by atoms with Gasteiger partial charge in [-0.1, -0.05) is 26.0 Å². The molecular formula is C22H25FN2O5S. The minimum atomic E-state index is -1.03. The van der Waals surface area contributed by atoms with E-state index in [1.165, 1.54) is 36.5 Å². The van der Waals surface area contributed by atoms with Crippen LogP contribution >= 0.6 is 11.3 Å². The zero-order valence-corrected chi connectivity index (χ0v) is 18.4. The summed E-state index contributed by atoms with van der Waals surface area (Å²) in [5.74, 6) is -3.02. The Kier molecular flexibility index (Phi) is 8.87. The Balaban J connectivity index is 1.92. The Bertz CT molecular complexity index is 957. The first-order chi connectivity index (χ1) is 14.7. The number of amides is 2. The summed E-state index contributed by atoms with van der Waals surface area (Å²) in [6, 6.07) is 7.85. The average molecular weight is 449 g/mol. The normalized spacial score (nSPS) is 11.6. The molecule has 0 radical (unpaired) electrons. The lowest BCUT2D eigenvalue weighted by Gasteiger charge is -2.20. The lowest BCUT2D eigenvalue weighted by Crippen LogP contribution is -2.45. The van der Waals surface area contributed by atoms with E-state index in [2.05, 4.69) is 10.6 Å². The van der Waals surface area contributed by atoms with Crippen molar-refractivity contribution < 1.29 is 28.3 Å². The van der Waals surface area contributed by atoms with Crippen LogP contribution in [0.2, 0.25) is 0 Å². The van der Waals surface area contributed by atoms with Crippen molar-refractivity contribution in [2.45, 2.75) is 33.2 Å². The number of hydrogen-bond acceptors (Lipinski definition) is 6. The van der Waals surface area contributed by atoms with Gasteiger partial charge in [-0.3, -0.25) is 14.4 Å². The maximum Gasteiger partial charge on any atom is 0.329 e. The van der Waals surface area contributed by atoms with Gasteiger partial charge in [0.25, 0.3) is 5.91 Å². The van der Waals surface area contributed by atoms with E-state index >= 15 is 0 Å². The first kappa shape index (κ1) is 24.2. The van der Waals surface area contributed by atoms with Crippen LogP contribution in [0, 0.1) is 11.7 Å². The SMILES string of the molecule is CC(=O)NCCc1ccc(C(=O)COC(=O)[C@@H](NC(=O)c2ccccc2F)C(C)C)s1. The molecule has 0 unspecified atom stereocenters. The largest absolute Gasteiger partial charge is 0.456 e. The number of ether oxygens (including phenoxy) is 1. The van der Waals surface area contributed by atoms with Crippen molar-refractivity contribution >= 4 is 34.9 Å². The maximum atomic E-state index is 13.8. The van der Waals surface area contributed by atoms with Gasteiger partial charge in [-0.25, -0.2) is 9.18 Å². The lowest BCUT2D eigenvalue weighted by atomic mass is 10.0. The van der Waals surface area contributed by atoms with Crippen LogP contribution in [0.5, 0.6) is 0 Å². The Hall–Kier alpha value is -3.07. The van der Waals surface area contributed by atoms with Gasteiger partial charge < -0.3 is 15.4 Å². The van der Waals surface area contributed by atoms with Gasteiger partial charge in [0.2, 0.25) is 11.7 Å². The number of carbonyl (C=O) groups is 4. The number of halogens is 1. The van der Waals surface area contributed by atoms with Crippen LogP contribution in [-0.4, -0.2) is 42.8 Å². The number of nitrogens with one attached hydrogen (secondary N) is 2. The van der Waals surface area contributed by atoms with E-state index in [1.54, 1.807) is 26.0 Å². The highest BCUT2D eigenvalue weighted by atomic mass is 32.1. The Morgan fingerprint density at radius 2 is 1.81 bits per heavy atom. The summed E-state index contributed by atoms with van der Waals surface area (Å²) in [4.78, 5) is 49.4. The van der Waals surface area contributed by atoms with Gasteiger partial charge >= 0.3 is 5.97 Å². The van der Waals surface area contributed by atoms with Crippen LogP contribution in [0.3, 0.4) is 0 Å². The molecule has 0 bridgehead atoms. The molecule has 31 heavy (non-hydrogen) atoms. The first-order valence-corrected chi connectivity index (χ1v) is 10.6. The molecule has 1 atom stereocenters. The number of carbonyl (C=O) groups excluding carboxylic acids is 4.